The number of carboxylic acid groups (broad SMARTS) is 2. The first-order valence-corrected chi connectivity index (χ1v) is 7.10. The molecule has 0 spiro atoms. The summed E-state index contributed by atoms with van der Waals surface area (Å²) in [5.41, 5.74) is 1.87. The second-order valence-electron chi connectivity index (χ2n) is 4.84. The third-order valence-corrected chi connectivity index (χ3v) is 2.95. The number of rotatable bonds is 8. The van der Waals surface area contributed by atoms with Gasteiger partial charge in [-0.2, -0.15) is 0 Å². The van der Waals surface area contributed by atoms with Crippen molar-refractivity contribution in [2.45, 2.75) is 0 Å². The highest BCUT2D eigenvalue weighted by molar-refractivity contribution is 5.71. The molecule has 0 unspecified atom stereocenters. The Kier molecular flexibility index (Phi) is 5.96. The number of carbonyl (C=O) groups is 2. The van der Waals surface area contributed by atoms with E-state index < -0.39 is 11.9 Å². The molecule has 0 aliphatic heterocycles. The Balaban J connectivity index is 1.92. The Morgan fingerprint density at radius 3 is 1.33 bits per heavy atom. The lowest BCUT2D eigenvalue weighted by atomic mass is 10.1. The average Bonchev–Trinajstić information content (AvgIpc) is 2.58. The van der Waals surface area contributed by atoms with Crippen molar-refractivity contribution in [2.75, 3.05) is 13.2 Å². The van der Waals surface area contributed by atoms with Gasteiger partial charge in [-0.25, -0.2) is 9.59 Å². The molecule has 0 radical (unpaired) electrons. The molecule has 2 N–H and O–H groups in total. The van der Waals surface area contributed by atoms with Gasteiger partial charge >= 0.3 is 11.9 Å². The lowest BCUT2D eigenvalue weighted by Gasteiger charge is -2.03. The van der Waals surface area contributed by atoms with Crippen LogP contribution in [0.1, 0.15) is 11.1 Å². The van der Waals surface area contributed by atoms with Gasteiger partial charge in [0, 0.05) is 0 Å². The van der Waals surface area contributed by atoms with Crippen LogP contribution in [0.5, 0.6) is 11.5 Å². The summed E-state index contributed by atoms with van der Waals surface area (Å²) in [6.45, 7) is -0.739. The van der Waals surface area contributed by atoms with E-state index in [1.165, 1.54) is 0 Å². The Hall–Kier alpha value is -3.28. The third-order valence-electron chi connectivity index (χ3n) is 2.95. The fourth-order valence-electron chi connectivity index (χ4n) is 1.83. The molecule has 0 aromatic heterocycles. The van der Waals surface area contributed by atoms with Gasteiger partial charge in [-0.05, 0) is 35.4 Å². The standard InChI is InChI=1S/C18H16O6/c19-17(20)11-23-15-7-3-13(4-8-15)1-2-14-5-9-16(10-6-14)24-12-18(21)22/h1-10H,11-12H2,(H,19,20)(H,21,22)/b2-1+. The number of aliphatic carboxylic acids is 2. The van der Waals surface area contributed by atoms with Crippen molar-refractivity contribution in [1.82, 2.24) is 0 Å². The summed E-state index contributed by atoms with van der Waals surface area (Å²) < 4.78 is 10.1. The Morgan fingerprint density at radius 2 is 1.04 bits per heavy atom. The molecule has 0 amide bonds. The molecular formula is C18H16O6. The van der Waals surface area contributed by atoms with Crippen LogP contribution in [0.2, 0.25) is 0 Å². The van der Waals surface area contributed by atoms with Gasteiger partial charge in [0.25, 0.3) is 0 Å². The summed E-state index contributed by atoms with van der Waals surface area (Å²) in [6, 6.07) is 14.1. The third kappa shape index (κ3) is 5.84. The van der Waals surface area contributed by atoms with E-state index >= 15 is 0 Å². The maximum Gasteiger partial charge on any atom is 0.341 e. The maximum atomic E-state index is 10.4. The summed E-state index contributed by atoms with van der Waals surface area (Å²) in [5, 5.41) is 17.1. The normalized spacial score (nSPS) is 10.5. The van der Waals surface area contributed by atoms with Crippen LogP contribution in [0.15, 0.2) is 48.5 Å². The zero-order chi connectivity index (χ0) is 17.4. The van der Waals surface area contributed by atoms with Crippen LogP contribution in [-0.2, 0) is 9.59 Å². The fourth-order valence-corrected chi connectivity index (χ4v) is 1.83. The van der Waals surface area contributed by atoms with Gasteiger partial charge < -0.3 is 19.7 Å². The highest BCUT2D eigenvalue weighted by Gasteiger charge is 2.00. The van der Waals surface area contributed by atoms with Crippen molar-refractivity contribution in [3.05, 3.63) is 59.7 Å². The molecule has 0 saturated carbocycles. The first-order valence-electron chi connectivity index (χ1n) is 7.10. The van der Waals surface area contributed by atoms with E-state index in [0.717, 1.165) is 11.1 Å². The molecule has 0 heterocycles. The predicted molar refractivity (Wildman–Crippen MR) is 88.1 cm³/mol. The van der Waals surface area contributed by atoms with E-state index in [1.807, 2.05) is 36.4 Å². The summed E-state index contributed by atoms with van der Waals surface area (Å²) in [5.74, 6) is -1.05. The monoisotopic (exact) mass is 328 g/mol. The average molecular weight is 328 g/mol. The molecule has 0 fully saturated rings. The van der Waals surface area contributed by atoms with Crippen molar-refractivity contribution < 1.29 is 29.3 Å². The SMILES string of the molecule is O=C(O)COc1ccc(/C=C/c2ccc(OCC(=O)O)cc2)cc1. The van der Waals surface area contributed by atoms with Crippen molar-refractivity contribution in [1.29, 1.82) is 0 Å². The van der Waals surface area contributed by atoms with Gasteiger partial charge in [-0.15, -0.1) is 0 Å². The first kappa shape index (κ1) is 17.1. The van der Waals surface area contributed by atoms with Crippen LogP contribution in [0, 0.1) is 0 Å². The first-order chi connectivity index (χ1) is 11.5. The number of hydrogen-bond donors (Lipinski definition) is 2. The van der Waals surface area contributed by atoms with Gasteiger partial charge in [-0.1, -0.05) is 36.4 Å². The van der Waals surface area contributed by atoms with Crippen LogP contribution in [0.4, 0.5) is 0 Å². The van der Waals surface area contributed by atoms with Gasteiger partial charge in [0.2, 0.25) is 0 Å². The number of ether oxygens (including phenoxy) is 2. The zero-order valence-corrected chi connectivity index (χ0v) is 12.7. The summed E-state index contributed by atoms with van der Waals surface area (Å²) in [7, 11) is 0. The molecule has 6 nitrogen and oxygen atoms in total. The van der Waals surface area contributed by atoms with Gasteiger partial charge in [0.15, 0.2) is 13.2 Å². The molecule has 0 atom stereocenters. The van der Waals surface area contributed by atoms with E-state index in [0.29, 0.717) is 11.5 Å². The quantitative estimate of drug-likeness (QED) is 0.724. The molecule has 0 aliphatic rings. The lowest BCUT2D eigenvalue weighted by molar-refractivity contribution is -0.140. The minimum atomic E-state index is -1.02. The summed E-state index contributed by atoms with van der Waals surface area (Å²) >= 11 is 0. The van der Waals surface area contributed by atoms with Crippen molar-refractivity contribution in [3.8, 4) is 11.5 Å². The van der Waals surface area contributed by atoms with Crippen LogP contribution < -0.4 is 9.47 Å². The van der Waals surface area contributed by atoms with Crippen LogP contribution in [-0.4, -0.2) is 35.4 Å². The van der Waals surface area contributed by atoms with E-state index in [2.05, 4.69) is 0 Å². The second-order valence-corrected chi connectivity index (χ2v) is 4.84. The van der Waals surface area contributed by atoms with Crippen LogP contribution in [0.3, 0.4) is 0 Å². The Morgan fingerprint density at radius 1 is 0.708 bits per heavy atom. The molecular weight excluding hydrogens is 312 g/mol. The molecule has 0 bridgehead atoms. The Bertz CT molecular complexity index is 653. The van der Waals surface area contributed by atoms with Crippen LogP contribution >= 0.6 is 0 Å². The topological polar surface area (TPSA) is 93.1 Å². The smallest absolute Gasteiger partial charge is 0.341 e. The van der Waals surface area contributed by atoms with E-state index in [1.54, 1.807) is 24.3 Å². The zero-order valence-electron chi connectivity index (χ0n) is 12.7. The molecule has 124 valence electrons. The minimum Gasteiger partial charge on any atom is -0.482 e. The molecule has 24 heavy (non-hydrogen) atoms. The van der Waals surface area contributed by atoms with E-state index in [9.17, 15) is 9.59 Å². The Labute approximate surface area is 138 Å². The highest BCUT2D eigenvalue weighted by Crippen LogP contribution is 2.16. The highest BCUT2D eigenvalue weighted by atomic mass is 16.5. The van der Waals surface area contributed by atoms with Crippen molar-refractivity contribution in [2.24, 2.45) is 0 Å². The van der Waals surface area contributed by atoms with E-state index in [-0.39, 0.29) is 13.2 Å². The molecule has 2 rings (SSSR count). The van der Waals surface area contributed by atoms with Gasteiger partial charge in [0.05, 0.1) is 0 Å². The molecule has 2 aromatic rings. The van der Waals surface area contributed by atoms with Crippen LogP contribution in [0.25, 0.3) is 12.2 Å². The molecule has 0 saturated heterocycles. The van der Waals surface area contributed by atoms with Crippen molar-refractivity contribution in [3.63, 3.8) is 0 Å². The van der Waals surface area contributed by atoms with Gasteiger partial charge in [-0.3, -0.25) is 0 Å². The van der Waals surface area contributed by atoms with Gasteiger partial charge in [0.1, 0.15) is 11.5 Å². The van der Waals surface area contributed by atoms with Crippen molar-refractivity contribution >= 4 is 24.1 Å². The summed E-state index contributed by atoms with van der Waals surface area (Å²) in [6.07, 6.45) is 3.79. The predicted octanol–water partition coefficient (Wildman–Crippen LogP) is 2.78. The number of hydrogen-bond acceptors (Lipinski definition) is 4. The summed E-state index contributed by atoms with van der Waals surface area (Å²) in [4.78, 5) is 20.8. The molecule has 2 aromatic carbocycles. The fraction of sp³-hybridized carbons (Fsp3) is 0.111. The maximum absolute atomic E-state index is 10.4. The molecule has 0 aliphatic carbocycles. The number of carboxylic acids is 2. The lowest BCUT2D eigenvalue weighted by Crippen LogP contribution is -2.09. The minimum absolute atomic E-state index is 0.370. The second kappa shape index (κ2) is 8.38. The molecule has 6 heteroatoms. The number of benzene rings is 2. The van der Waals surface area contributed by atoms with E-state index in [4.69, 9.17) is 19.7 Å². The largest absolute Gasteiger partial charge is 0.482 e.